The molecule has 3 aromatic rings. The summed E-state index contributed by atoms with van der Waals surface area (Å²) >= 11 is 6.27. The van der Waals surface area contributed by atoms with Crippen molar-refractivity contribution in [1.29, 1.82) is 0 Å². The summed E-state index contributed by atoms with van der Waals surface area (Å²) < 4.78 is 2.30. The molecule has 27 heavy (non-hydrogen) atoms. The van der Waals surface area contributed by atoms with E-state index in [1.165, 1.54) is 0 Å². The molecule has 0 spiro atoms. The fourth-order valence-electron chi connectivity index (χ4n) is 3.96. The second kappa shape index (κ2) is 7.01. The predicted octanol–water partition coefficient (Wildman–Crippen LogP) is 5.17. The van der Waals surface area contributed by atoms with Crippen molar-refractivity contribution in [3.63, 3.8) is 0 Å². The van der Waals surface area contributed by atoms with Gasteiger partial charge in [0, 0.05) is 36.1 Å². The Morgan fingerprint density at radius 3 is 2.74 bits per heavy atom. The molecule has 1 aliphatic rings. The van der Waals surface area contributed by atoms with E-state index in [4.69, 9.17) is 16.6 Å². The van der Waals surface area contributed by atoms with E-state index in [1.54, 1.807) is 0 Å². The number of anilines is 1. The van der Waals surface area contributed by atoms with Crippen molar-refractivity contribution in [1.82, 2.24) is 9.55 Å². The fraction of sp³-hybridized carbons (Fsp3) is 0.364. The lowest BCUT2D eigenvalue weighted by molar-refractivity contribution is -0.117. The largest absolute Gasteiger partial charge is 0.327 e. The first kappa shape index (κ1) is 18.1. The second-order valence-electron chi connectivity index (χ2n) is 7.75. The number of carbonyl (C=O) groups is 1. The number of aromatic nitrogens is 2. The molecule has 2 heterocycles. The Bertz CT molecular complexity index is 1010. The first-order chi connectivity index (χ1) is 13.0. The Balaban J connectivity index is 1.73. The lowest BCUT2D eigenvalue weighted by atomic mass is 10.1. The Morgan fingerprint density at radius 2 is 1.96 bits per heavy atom. The van der Waals surface area contributed by atoms with Gasteiger partial charge in [-0.05, 0) is 42.7 Å². The third-order valence-corrected chi connectivity index (χ3v) is 5.66. The number of fused-ring (bicyclic) bond motifs is 1. The summed E-state index contributed by atoms with van der Waals surface area (Å²) in [6.45, 7) is 7.92. The molecule has 5 heteroatoms. The van der Waals surface area contributed by atoms with E-state index in [0.717, 1.165) is 34.7 Å². The summed E-state index contributed by atoms with van der Waals surface area (Å²) in [6.07, 6.45) is 0.480. The average Bonchev–Trinajstić information content (AvgIpc) is 3.18. The summed E-state index contributed by atoms with van der Waals surface area (Å²) in [4.78, 5) is 19.6. The van der Waals surface area contributed by atoms with Crippen molar-refractivity contribution in [3.8, 4) is 0 Å². The quantitative estimate of drug-likeness (QED) is 0.624. The van der Waals surface area contributed by atoms with Crippen molar-refractivity contribution in [3.05, 3.63) is 58.9 Å². The number of hydrogen-bond donors (Lipinski definition) is 0. The third-order valence-electron chi connectivity index (χ3n) is 5.25. The monoisotopic (exact) mass is 381 g/mol. The van der Waals surface area contributed by atoms with Crippen molar-refractivity contribution in [2.45, 2.75) is 39.7 Å². The lowest BCUT2D eigenvalue weighted by Crippen LogP contribution is -2.25. The van der Waals surface area contributed by atoms with Gasteiger partial charge in [0.25, 0.3) is 0 Å². The van der Waals surface area contributed by atoms with Gasteiger partial charge in [0.15, 0.2) is 0 Å². The van der Waals surface area contributed by atoms with Crippen LogP contribution in [0.25, 0.3) is 11.0 Å². The van der Waals surface area contributed by atoms with Gasteiger partial charge in [-0.25, -0.2) is 4.98 Å². The standard InChI is InChI=1S/C22H24ClN3O/c1-14(2)12-26-20-9-5-4-8-18(20)24-22(26)16-11-21(27)25(13-16)19-10-6-7-17(23)15(19)3/h4-10,14,16H,11-13H2,1-3H3/t16-/m1/s1. The van der Waals surface area contributed by atoms with Crippen LogP contribution in [0, 0.1) is 12.8 Å². The molecular weight excluding hydrogens is 358 g/mol. The van der Waals surface area contributed by atoms with E-state index in [2.05, 4.69) is 24.5 Å². The highest BCUT2D eigenvalue weighted by Crippen LogP contribution is 2.36. The number of benzene rings is 2. The highest BCUT2D eigenvalue weighted by molar-refractivity contribution is 6.31. The van der Waals surface area contributed by atoms with E-state index >= 15 is 0 Å². The molecule has 1 saturated heterocycles. The van der Waals surface area contributed by atoms with Crippen LogP contribution in [-0.2, 0) is 11.3 Å². The minimum absolute atomic E-state index is 0.0852. The second-order valence-corrected chi connectivity index (χ2v) is 8.16. The SMILES string of the molecule is Cc1c(Cl)cccc1N1C[C@H](c2nc3ccccc3n2CC(C)C)CC1=O. The maximum Gasteiger partial charge on any atom is 0.227 e. The summed E-state index contributed by atoms with van der Waals surface area (Å²) in [7, 11) is 0. The van der Waals surface area contributed by atoms with Crippen molar-refractivity contribution in [2.24, 2.45) is 5.92 Å². The van der Waals surface area contributed by atoms with Gasteiger partial charge < -0.3 is 9.47 Å². The van der Waals surface area contributed by atoms with Crippen LogP contribution in [0.2, 0.25) is 5.02 Å². The zero-order chi connectivity index (χ0) is 19.1. The first-order valence-electron chi connectivity index (χ1n) is 9.46. The maximum atomic E-state index is 12.8. The van der Waals surface area contributed by atoms with Crippen LogP contribution in [0.3, 0.4) is 0 Å². The van der Waals surface area contributed by atoms with E-state index < -0.39 is 0 Å². The summed E-state index contributed by atoms with van der Waals surface area (Å²) in [5.74, 6) is 1.74. The van der Waals surface area contributed by atoms with Crippen LogP contribution in [-0.4, -0.2) is 22.0 Å². The van der Waals surface area contributed by atoms with Crippen LogP contribution in [0.1, 0.15) is 37.6 Å². The molecule has 1 aliphatic heterocycles. The van der Waals surface area contributed by atoms with Gasteiger partial charge in [0.2, 0.25) is 5.91 Å². The van der Waals surface area contributed by atoms with Gasteiger partial charge in [-0.15, -0.1) is 0 Å². The molecule has 0 unspecified atom stereocenters. The zero-order valence-electron chi connectivity index (χ0n) is 15.9. The van der Waals surface area contributed by atoms with E-state index in [0.29, 0.717) is 23.9 Å². The van der Waals surface area contributed by atoms with E-state index in [1.807, 2.05) is 48.2 Å². The number of nitrogens with zero attached hydrogens (tertiary/aromatic N) is 3. The van der Waals surface area contributed by atoms with Crippen LogP contribution in [0.5, 0.6) is 0 Å². The normalized spacial score (nSPS) is 17.4. The van der Waals surface area contributed by atoms with Crippen molar-refractivity contribution in [2.75, 3.05) is 11.4 Å². The summed E-state index contributed by atoms with van der Waals surface area (Å²) in [6, 6.07) is 14.0. The molecule has 0 aliphatic carbocycles. The van der Waals surface area contributed by atoms with Crippen LogP contribution in [0.4, 0.5) is 5.69 Å². The molecule has 0 radical (unpaired) electrons. The molecule has 1 aromatic heterocycles. The lowest BCUT2D eigenvalue weighted by Gasteiger charge is -2.20. The van der Waals surface area contributed by atoms with Gasteiger partial charge in [-0.2, -0.15) is 0 Å². The number of amides is 1. The van der Waals surface area contributed by atoms with Gasteiger partial charge >= 0.3 is 0 Å². The summed E-state index contributed by atoms with van der Waals surface area (Å²) in [5, 5.41) is 0.691. The van der Waals surface area contributed by atoms with Gasteiger partial charge in [0.1, 0.15) is 5.82 Å². The zero-order valence-corrected chi connectivity index (χ0v) is 16.7. The van der Waals surface area contributed by atoms with E-state index in [-0.39, 0.29) is 11.8 Å². The van der Waals surface area contributed by atoms with Gasteiger partial charge in [-0.3, -0.25) is 4.79 Å². The Labute approximate surface area is 164 Å². The Hall–Kier alpha value is -2.33. The highest BCUT2D eigenvalue weighted by Gasteiger charge is 2.35. The molecule has 1 fully saturated rings. The molecule has 0 bridgehead atoms. The number of carbonyl (C=O) groups excluding carboxylic acids is 1. The van der Waals surface area contributed by atoms with Crippen LogP contribution < -0.4 is 4.90 Å². The van der Waals surface area contributed by atoms with Crippen LogP contribution in [0.15, 0.2) is 42.5 Å². The molecule has 4 rings (SSSR count). The topological polar surface area (TPSA) is 38.1 Å². The molecular formula is C22H24ClN3O. The van der Waals surface area contributed by atoms with Crippen molar-refractivity contribution >= 4 is 34.2 Å². The molecule has 1 amide bonds. The average molecular weight is 382 g/mol. The molecule has 2 aromatic carbocycles. The number of halogens is 1. The fourth-order valence-corrected chi connectivity index (χ4v) is 4.13. The van der Waals surface area contributed by atoms with E-state index in [9.17, 15) is 4.79 Å². The molecule has 0 N–H and O–H groups in total. The minimum atomic E-state index is 0.0852. The predicted molar refractivity (Wildman–Crippen MR) is 110 cm³/mol. The van der Waals surface area contributed by atoms with Gasteiger partial charge in [0.05, 0.1) is 11.0 Å². The van der Waals surface area contributed by atoms with Gasteiger partial charge in [-0.1, -0.05) is 43.6 Å². The van der Waals surface area contributed by atoms with Crippen molar-refractivity contribution < 1.29 is 4.79 Å². The third kappa shape index (κ3) is 3.23. The minimum Gasteiger partial charge on any atom is -0.327 e. The summed E-state index contributed by atoms with van der Waals surface area (Å²) in [5.41, 5.74) is 3.99. The van der Waals surface area contributed by atoms with Crippen LogP contribution >= 0.6 is 11.6 Å². The first-order valence-corrected chi connectivity index (χ1v) is 9.84. The maximum absolute atomic E-state index is 12.8. The molecule has 0 saturated carbocycles. The molecule has 1 atom stereocenters. The number of rotatable bonds is 4. The number of hydrogen-bond acceptors (Lipinski definition) is 2. The molecule has 140 valence electrons. The smallest absolute Gasteiger partial charge is 0.227 e. The number of imidazole rings is 1. The Morgan fingerprint density at radius 1 is 1.19 bits per heavy atom. The number of para-hydroxylation sites is 2. The Kier molecular flexibility index (Phi) is 4.68. The molecule has 4 nitrogen and oxygen atoms in total. The highest BCUT2D eigenvalue weighted by atomic mass is 35.5.